The molecule has 0 saturated carbocycles. The molecular formula is C17H14O5. The number of carbonyl (C=O) groups is 2. The Labute approximate surface area is 127 Å². The van der Waals surface area contributed by atoms with E-state index in [-0.39, 0.29) is 0 Å². The van der Waals surface area contributed by atoms with Crippen molar-refractivity contribution in [2.45, 2.75) is 12.3 Å². The van der Waals surface area contributed by atoms with Crippen molar-refractivity contribution in [1.82, 2.24) is 0 Å². The fraction of sp³-hybridized carbons (Fsp3) is 0.176. The van der Waals surface area contributed by atoms with Crippen LogP contribution in [0, 0.1) is 0 Å². The van der Waals surface area contributed by atoms with Crippen LogP contribution >= 0.6 is 0 Å². The molecule has 0 fully saturated rings. The summed E-state index contributed by atoms with van der Waals surface area (Å²) < 4.78 is 15.7. The van der Waals surface area contributed by atoms with E-state index in [0.717, 1.165) is 0 Å². The zero-order chi connectivity index (χ0) is 15.7. The fourth-order valence-corrected chi connectivity index (χ4v) is 2.32. The van der Waals surface area contributed by atoms with Crippen molar-refractivity contribution in [3.8, 4) is 17.2 Å². The molecule has 0 radical (unpaired) electrons. The Morgan fingerprint density at radius 3 is 2.50 bits per heavy atom. The van der Waals surface area contributed by atoms with E-state index < -0.39 is 17.4 Å². The van der Waals surface area contributed by atoms with Gasteiger partial charge >= 0.3 is 11.9 Å². The topological polar surface area (TPSA) is 61.8 Å². The third-order valence-electron chi connectivity index (χ3n) is 3.70. The van der Waals surface area contributed by atoms with Crippen LogP contribution in [-0.4, -0.2) is 19.0 Å². The first kappa shape index (κ1) is 14.1. The predicted molar refractivity (Wildman–Crippen MR) is 78.1 cm³/mol. The molecule has 1 aliphatic rings. The molecule has 22 heavy (non-hydrogen) atoms. The van der Waals surface area contributed by atoms with E-state index in [9.17, 15) is 9.59 Å². The summed E-state index contributed by atoms with van der Waals surface area (Å²) in [6.07, 6.45) is 0. The largest absolute Gasteiger partial charge is 0.497 e. The van der Waals surface area contributed by atoms with Crippen LogP contribution in [0.3, 0.4) is 0 Å². The van der Waals surface area contributed by atoms with Crippen molar-refractivity contribution in [1.29, 1.82) is 0 Å². The van der Waals surface area contributed by atoms with Gasteiger partial charge in [0.2, 0.25) is 0 Å². The monoisotopic (exact) mass is 298 g/mol. The lowest BCUT2D eigenvalue weighted by Gasteiger charge is -2.18. The van der Waals surface area contributed by atoms with Crippen LogP contribution < -0.4 is 14.2 Å². The number of ether oxygens (including phenoxy) is 3. The van der Waals surface area contributed by atoms with Gasteiger partial charge in [-0.25, -0.2) is 0 Å². The molecule has 1 aliphatic heterocycles. The first-order valence-electron chi connectivity index (χ1n) is 6.74. The van der Waals surface area contributed by atoms with Crippen LogP contribution in [0.4, 0.5) is 0 Å². The zero-order valence-corrected chi connectivity index (χ0v) is 12.2. The Hall–Kier alpha value is -2.82. The molecule has 1 unspecified atom stereocenters. The van der Waals surface area contributed by atoms with Gasteiger partial charge in [-0.3, -0.25) is 9.59 Å². The molecule has 1 atom stereocenters. The highest BCUT2D eigenvalue weighted by atomic mass is 16.6. The number of benzene rings is 2. The van der Waals surface area contributed by atoms with E-state index >= 15 is 0 Å². The number of methoxy groups -OCH3 is 1. The van der Waals surface area contributed by atoms with Crippen molar-refractivity contribution >= 4 is 11.9 Å². The average molecular weight is 298 g/mol. The van der Waals surface area contributed by atoms with Crippen molar-refractivity contribution in [2.24, 2.45) is 0 Å². The van der Waals surface area contributed by atoms with Gasteiger partial charge in [0.15, 0.2) is 5.41 Å². The standard InChI is InChI=1S/C17H14O5/c1-17(15(18)21-11-6-4-3-5-7-11)13-10-12(20-2)8-9-14(13)22-16(17)19/h3-10H,1-2H3. The van der Waals surface area contributed by atoms with Crippen molar-refractivity contribution in [3.63, 3.8) is 0 Å². The SMILES string of the molecule is COc1ccc2c(c1)C(C)(C(=O)Oc1ccccc1)C(=O)O2. The van der Waals surface area contributed by atoms with Gasteiger partial charge in [-0.1, -0.05) is 18.2 Å². The Bertz CT molecular complexity index is 738. The molecule has 0 bridgehead atoms. The fourth-order valence-electron chi connectivity index (χ4n) is 2.32. The molecular weight excluding hydrogens is 284 g/mol. The highest BCUT2D eigenvalue weighted by molar-refractivity contribution is 6.10. The predicted octanol–water partition coefficient (Wildman–Crippen LogP) is 2.48. The normalized spacial score (nSPS) is 19.3. The molecule has 5 nitrogen and oxygen atoms in total. The number of esters is 2. The van der Waals surface area contributed by atoms with Crippen LogP contribution in [0.15, 0.2) is 48.5 Å². The Morgan fingerprint density at radius 2 is 1.82 bits per heavy atom. The van der Waals surface area contributed by atoms with Gasteiger partial charge in [0.05, 0.1) is 7.11 Å². The van der Waals surface area contributed by atoms with Crippen LogP contribution in [0.25, 0.3) is 0 Å². The lowest BCUT2D eigenvalue weighted by atomic mass is 9.84. The summed E-state index contributed by atoms with van der Waals surface area (Å²) in [5, 5.41) is 0. The molecule has 2 aromatic rings. The minimum absolute atomic E-state index is 0.346. The summed E-state index contributed by atoms with van der Waals surface area (Å²) in [5.74, 6) is -0.0839. The van der Waals surface area contributed by atoms with E-state index in [1.807, 2.05) is 6.07 Å². The molecule has 2 aromatic carbocycles. The van der Waals surface area contributed by atoms with Crippen molar-refractivity contribution in [3.05, 3.63) is 54.1 Å². The summed E-state index contributed by atoms with van der Waals surface area (Å²) in [6.45, 7) is 1.49. The lowest BCUT2D eigenvalue weighted by Crippen LogP contribution is -2.42. The van der Waals surface area contributed by atoms with Gasteiger partial charge in [0.25, 0.3) is 0 Å². The summed E-state index contributed by atoms with van der Waals surface area (Å²) in [7, 11) is 1.51. The first-order valence-corrected chi connectivity index (χ1v) is 6.74. The summed E-state index contributed by atoms with van der Waals surface area (Å²) >= 11 is 0. The number of para-hydroxylation sites is 1. The molecule has 0 saturated heterocycles. The van der Waals surface area contributed by atoms with Gasteiger partial charge in [-0.15, -0.1) is 0 Å². The third kappa shape index (κ3) is 2.11. The van der Waals surface area contributed by atoms with E-state index in [1.54, 1.807) is 42.5 Å². The van der Waals surface area contributed by atoms with Gasteiger partial charge in [-0.2, -0.15) is 0 Å². The quantitative estimate of drug-likeness (QED) is 0.495. The third-order valence-corrected chi connectivity index (χ3v) is 3.70. The van der Waals surface area contributed by atoms with E-state index in [4.69, 9.17) is 14.2 Å². The second-order valence-corrected chi connectivity index (χ2v) is 5.08. The lowest BCUT2D eigenvalue weighted by molar-refractivity contribution is -0.151. The summed E-state index contributed by atoms with van der Waals surface area (Å²) in [5.41, 5.74) is -1.07. The van der Waals surface area contributed by atoms with E-state index in [1.165, 1.54) is 14.0 Å². The maximum atomic E-state index is 12.5. The minimum Gasteiger partial charge on any atom is -0.497 e. The van der Waals surface area contributed by atoms with Gasteiger partial charge < -0.3 is 14.2 Å². The van der Waals surface area contributed by atoms with Gasteiger partial charge in [0.1, 0.15) is 17.2 Å². The average Bonchev–Trinajstić information content (AvgIpc) is 2.80. The number of hydrogen-bond donors (Lipinski definition) is 0. The molecule has 5 heteroatoms. The van der Waals surface area contributed by atoms with E-state index in [0.29, 0.717) is 22.8 Å². The van der Waals surface area contributed by atoms with Crippen LogP contribution in [0.1, 0.15) is 12.5 Å². The number of hydrogen-bond acceptors (Lipinski definition) is 5. The molecule has 0 amide bonds. The highest BCUT2D eigenvalue weighted by Crippen LogP contribution is 2.42. The van der Waals surface area contributed by atoms with Crippen molar-refractivity contribution in [2.75, 3.05) is 7.11 Å². The van der Waals surface area contributed by atoms with Crippen LogP contribution in [0.5, 0.6) is 17.2 Å². The smallest absolute Gasteiger partial charge is 0.333 e. The molecule has 0 aliphatic carbocycles. The zero-order valence-electron chi connectivity index (χ0n) is 12.2. The maximum Gasteiger partial charge on any atom is 0.333 e. The van der Waals surface area contributed by atoms with Crippen LogP contribution in [-0.2, 0) is 15.0 Å². The molecule has 3 rings (SSSR count). The Balaban J connectivity index is 1.99. The van der Waals surface area contributed by atoms with Gasteiger partial charge in [-0.05, 0) is 37.3 Å². The Morgan fingerprint density at radius 1 is 1.09 bits per heavy atom. The van der Waals surface area contributed by atoms with Gasteiger partial charge in [0, 0.05) is 5.56 Å². The number of rotatable bonds is 3. The number of fused-ring (bicyclic) bond motifs is 1. The summed E-state index contributed by atoms with van der Waals surface area (Å²) in [6, 6.07) is 13.5. The van der Waals surface area contributed by atoms with E-state index in [2.05, 4.69) is 0 Å². The highest BCUT2D eigenvalue weighted by Gasteiger charge is 2.53. The summed E-state index contributed by atoms with van der Waals surface area (Å²) in [4.78, 5) is 24.8. The molecule has 0 spiro atoms. The Kier molecular flexibility index (Phi) is 3.33. The minimum atomic E-state index is -1.51. The van der Waals surface area contributed by atoms with Crippen molar-refractivity contribution < 1.29 is 23.8 Å². The molecule has 0 aromatic heterocycles. The first-order chi connectivity index (χ1) is 10.6. The molecule has 1 heterocycles. The molecule has 0 N–H and O–H groups in total. The van der Waals surface area contributed by atoms with Crippen LogP contribution in [0.2, 0.25) is 0 Å². The molecule has 112 valence electrons. The second-order valence-electron chi connectivity index (χ2n) is 5.08. The number of carbonyl (C=O) groups excluding carboxylic acids is 2. The second kappa shape index (κ2) is 5.18. The maximum absolute atomic E-state index is 12.5.